The second-order valence-corrected chi connectivity index (χ2v) is 14.1. The number of alkyl halides is 3. The molecule has 3 fully saturated rings. The van der Waals surface area contributed by atoms with Gasteiger partial charge in [0.25, 0.3) is 5.56 Å². The van der Waals surface area contributed by atoms with Crippen LogP contribution in [-0.2, 0) is 15.8 Å². The van der Waals surface area contributed by atoms with Gasteiger partial charge in [-0.1, -0.05) is 46.1 Å². The zero-order valence-corrected chi connectivity index (χ0v) is 25.4. The Morgan fingerprint density at radius 2 is 1.81 bits per heavy atom. The van der Waals surface area contributed by atoms with Crippen molar-refractivity contribution < 1.29 is 22.8 Å². The summed E-state index contributed by atoms with van der Waals surface area (Å²) >= 11 is 1.42. The highest BCUT2D eigenvalue weighted by atomic mass is 32.2. The van der Waals surface area contributed by atoms with Crippen molar-refractivity contribution >= 4 is 34.5 Å². The van der Waals surface area contributed by atoms with E-state index in [1.54, 1.807) is 12.1 Å². The summed E-state index contributed by atoms with van der Waals surface area (Å²) < 4.78 is 42.3. The average Bonchev–Trinajstić information content (AvgIpc) is 3.25. The summed E-state index contributed by atoms with van der Waals surface area (Å²) in [6.45, 7) is 8.38. The fourth-order valence-electron chi connectivity index (χ4n) is 7.48. The highest BCUT2D eigenvalue weighted by molar-refractivity contribution is 7.99. The Bertz CT molecular complexity index is 1410. The molecule has 2 unspecified atom stereocenters. The number of nitrogens with one attached hydrogen (secondary N) is 2. The van der Waals surface area contributed by atoms with E-state index < -0.39 is 35.4 Å². The number of carbonyl (C=O) groups is 2. The molecular formula is C31H41F3N4O3S. The van der Waals surface area contributed by atoms with Crippen LogP contribution in [0.2, 0.25) is 0 Å². The Morgan fingerprint density at radius 3 is 2.48 bits per heavy atom. The molecule has 2 aromatic rings. The lowest BCUT2D eigenvalue weighted by Crippen LogP contribution is -2.46. The van der Waals surface area contributed by atoms with E-state index in [-0.39, 0.29) is 23.7 Å². The Kier molecular flexibility index (Phi) is 8.83. The lowest BCUT2D eigenvalue weighted by Gasteiger charge is -2.39. The van der Waals surface area contributed by atoms with Crippen molar-refractivity contribution in [1.29, 1.82) is 0 Å². The fraction of sp³-hybridized carbons (Fsp3) is 0.677. The number of hydrogen-bond acceptors (Lipinski definition) is 6. The minimum atomic E-state index is -4.95. The van der Waals surface area contributed by atoms with Gasteiger partial charge in [0, 0.05) is 17.4 Å². The number of thioether (sulfide) groups is 1. The Hall–Kier alpha value is -2.40. The summed E-state index contributed by atoms with van der Waals surface area (Å²) in [5.74, 6) is -1.37. The van der Waals surface area contributed by atoms with E-state index in [2.05, 4.69) is 31.1 Å². The highest BCUT2D eigenvalue weighted by Crippen LogP contribution is 2.65. The van der Waals surface area contributed by atoms with Crippen LogP contribution in [0, 0.1) is 16.7 Å². The topological polar surface area (TPSA) is 93.1 Å². The second-order valence-electron chi connectivity index (χ2n) is 13.0. The number of hydrogen-bond donors (Lipinski definition) is 2. The number of benzene rings is 1. The summed E-state index contributed by atoms with van der Waals surface area (Å²) in [5, 5.41) is 5.97. The Labute approximate surface area is 248 Å². The van der Waals surface area contributed by atoms with Crippen molar-refractivity contribution in [2.24, 2.45) is 16.7 Å². The van der Waals surface area contributed by atoms with Gasteiger partial charge in [0.05, 0.1) is 10.9 Å². The van der Waals surface area contributed by atoms with Gasteiger partial charge in [-0.05, 0) is 79.7 Å². The maximum absolute atomic E-state index is 13.9. The van der Waals surface area contributed by atoms with Crippen LogP contribution in [0.15, 0.2) is 27.9 Å². The van der Waals surface area contributed by atoms with Crippen LogP contribution >= 0.6 is 11.8 Å². The van der Waals surface area contributed by atoms with Crippen molar-refractivity contribution in [2.45, 2.75) is 108 Å². The molecule has 1 aromatic heterocycles. The molecule has 2 amide bonds. The van der Waals surface area contributed by atoms with Crippen LogP contribution in [0.1, 0.15) is 96.8 Å². The second kappa shape index (κ2) is 11.9. The van der Waals surface area contributed by atoms with Crippen LogP contribution < -0.4 is 16.2 Å². The lowest BCUT2D eigenvalue weighted by molar-refractivity contribution is -0.150. The van der Waals surface area contributed by atoms with E-state index in [1.807, 2.05) is 5.32 Å². The average molecular weight is 607 g/mol. The van der Waals surface area contributed by atoms with Crippen LogP contribution in [0.5, 0.6) is 0 Å². The van der Waals surface area contributed by atoms with E-state index in [4.69, 9.17) is 0 Å². The van der Waals surface area contributed by atoms with Gasteiger partial charge in [0.15, 0.2) is 0 Å². The molecule has 2 N–H and O–H groups in total. The van der Waals surface area contributed by atoms with Crippen LogP contribution in [0.25, 0.3) is 10.9 Å². The maximum Gasteiger partial charge on any atom is 0.449 e. The molecule has 230 valence electrons. The largest absolute Gasteiger partial charge is 0.449 e. The zero-order valence-electron chi connectivity index (χ0n) is 24.6. The molecule has 2 aliphatic carbocycles. The number of amides is 2. The quantitative estimate of drug-likeness (QED) is 0.179. The van der Waals surface area contributed by atoms with Gasteiger partial charge < -0.3 is 5.32 Å². The van der Waals surface area contributed by atoms with E-state index in [9.17, 15) is 27.6 Å². The Morgan fingerprint density at radius 1 is 1.07 bits per heavy atom. The molecule has 11 heteroatoms. The summed E-state index contributed by atoms with van der Waals surface area (Å²) in [6, 6.07) is 3.86. The number of carbonyl (C=O) groups excluding carboxylic acids is 2. The predicted molar refractivity (Wildman–Crippen MR) is 157 cm³/mol. The first kappa shape index (κ1) is 31.0. The standard InChI is InChI=1S/C31H41F3N4O3S/c1-29(2)19-14-15-30(29,3)23(18-19)35-16-7-5-4-6-8-17-42-22-11-9-10-20-25(22)27(41)38(28(36-20)31(32,33)34)21-12-13-24(39)37-26(21)40/h9-11,19,21,23,35H,4-8,12-18H2,1-3H3,(H,37,39,40)/t19-,21?,23?,30+/m1/s1. The predicted octanol–water partition coefficient (Wildman–Crippen LogP) is 6.24. The highest BCUT2D eigenvalue weighted by Gasteiger charge is 2.60. The van der Waals surface area contributed by atoms with Crippen molar-refractivity contribution in [3.63, 3.8) is 0 Å². The van der Waals surface area contributed by atoms with E-state index in [1.165, 1.54) is 37.1 Å². The number of fused-ring (bicyclic) bond motifs is 3. The number of piperidine rings is 1. The summed E-state index contributed by atoms with van der Waals surface area (Å²) in [6.07, 6.45) is 4.02. The van der Waals surface area contributed by atoms with Crippen molar-refractivity contribution in [3.8, 4) is 0 Å². The minimum Gasteiger partial charge on any atom is -0.313 e. The molecule has 2 bridgehead atoms. The van der Waals surface area contributed by atoms with Gasteiger partial charge in [0.1, 0.15) is 6.04 Å². The SMILES string of the molecule is CC1(C)[C@@H]2CC[C@@]1(C)C(NCCCCCCCSc1cccc3nc(C(F)(F)F)n(C4CCC(=O)NC4=O)c(=O)c13)C2. The van der Waals surface area contributed by atoms with Gasteiger partial charge in [0.2, 0.25) is 17.6 Å². The third-order valence-electron chi connectivity index (χ3n) is 10.4. The molecule has 0 radical (unpaired) electrons. The molecule has 1 aromatic carbocycles. The number of imide groups is 1. The first-order valence-electron chi connectivity index (χ1n) is 15.2. The molecule has 0 spiro atoms. The molecule has 2 saturated carbocycles. The smallest absolute Gasteiger partial charge is 0.313 e. The van der Waals surface area contributed by atoms with Crippen LogP contribution in [-0.4, -0.2) is 39.7 Å². The number of unbranched alkanes of at least 4 members (excludes halogenated alkanes) is 4. The summed E-state index contributed by atoms with van der Waals surface area (Å²) in [7, 11) is 0. The number of nitrogens with zero attached hydrogens (tertiary/aromatic N) is 2. The van der Waals surface area contributed by atoms with Gasteiger partial charge >= 0.3 is 6.18 Å². The molecular weight excluding hydrogens is 565 g/mol. The monoisotopic (exact) mass is 606 g/mol. The number of rotatable bonds is 11. The van der Waals surface area contributed by atoms with Crippen molar-refractivity contribution in [3.05, 3.63) is 34.4 Å². The van der Waals surface area contributed by atoms with Crippen LogP contribution in [0.3, 0.4) is 0 Å². The molecule has 1 saturated heterocycles. The van der Waals surface area contributed by atoms with E-state index >= 15 is 0 Å². The molecule has 2 heterocycles. The van der Waals surface area contributed by atoms with Gasteiger partial charge in [-0.15, -0.1) is 11.8 Å². The Balaban J connectivity index is 1.15. The minimum absolute atomic E-state index is 0.0545. The first-order valence-corrected chi connectivity index (χ1v) is 16.2. The normalized spacial score (nSPS) is 27.1. The number of halogens is 3. The molecule has 42 heavy (non-hydrogen) atoms. The van der Waals surface area contributed by atoms with E-state index in [0.29, 0.717) is 32.1 Å². The fourth-order valence-corrected chi connectivity index (χ4v) is 8.56. The molecule has 1 aliphatic heterocycles. The van der Waals surface area contributed by atoms with Crippen molar-refractivity contribution in [1.82, 2.24) is 20.2 Å². The first-order chi connectivity index (χ1) is 19.8. The number of aromatic nitrogens is 2. The van der Waals surface area contributed by atoms with Gasteiger partial charge in [-0.3, -0.25) is 24.3 Å². The lowest BCUT2D eigenvalue weighted by atomic mass is 9.69. The maximum atomic E-state index is 13.9. The van der Waals surface area contributed by atoms with Crippen molar-refractivity contribution in [2.75, 3.05) is 12.3 Å². The summed E-state index contributed by atoms with van der Waals surface area (Å²) in [4.78, 5) is 41.9. The third kappa shape index (κ3) is 5.75. The molecule has 4 atom stereocenters. The van der Waals surface area contributed by atoms with Gasteiger partial charge in [-0.25, -0.2) is 4.98 Å². The van der Waals surface area contributed by atoms with Crippen LogP contribution in [0.4, 0.5) is 13.2 Å². The third-order valence-corrected chi connectivity index (χ3v) is 11.6. The summed E-state index contributed by atoms with van der Waals surface area (Å²) in [5.41, 5.74) is -0.154. The molecule has 7 nitrogen and oxygen atoms in total. The molecule has 3 aliphatic rings. The molecule has 5 rings (SSSR count). The van der Waals surface area contributed by atoms with Gasteiger partial charge in [-0.2, -0.15) is 13.2 Å². The zero-order chi connectivity index (χ0) is 30.3. The van der Waals surface area contributed by atoms with E-state index in [0.717, 1.165) is 44.6 Å².